The normalized spacial score (nSPS) is 11.0. The highest BCUT2D eigenvalue weighted by Crippen LogP contribution is 2.28. The molecule has 0 saturated heterocycles. The largest absolute Gasteiger partial charge is 0.495 e. The minimum atomic E-state index is -0.449. The Morgan fingerprint density at radius 1 is 1.31 bits per heavy atom. The van der Waals surface area contributed by atoms with Crippen LogP contribution in [0.15, 0.2) is 52.5 Å². The maximum absolute atomic E-state index is 13.5. The van der Waals surface area contributed by atoms with Crippen molar-refractivity contribution >= 4 is 46.0 Å². The van der Waals surface area contributed by atoms with Gasteiger partial charge in [0.05, 0.1) is 29.8 Å². The van der Waals surface area contributed by atoms with Crippen LogP contribution in [0.4, 0.5) is 10.1 Å². The molecule has 2 heterocycles. The second-order valence-corrected chi connectivity index (χ2v) is 8.13. The Balaban J connectivity index is 1.67. The molecular weight excluding hydrogens is 457 g/mol. The summed E-state index contributed by atoms with van der Waals surface area (Å²) in [6, 6.07) is 9.04. The van der Waals surface area contributed by atoms with Crippen molar-refractivity contribution in [1.82, 2.24) is 19.7 Å². The van der Waals surface area contributed by atoms with Crippen LogP contribution in [-0.4, -0.2) is 38.5 Å². The smallest absolute Gasteiger partial charge is 0.269 e. The van der Waals surface area contributed by atoms with E-state index in [4.69, 9.17) is 16.3 Å². The number of hydrogen-bond donors (Lipinski definition) is 2. The number of aromatic amines is 1. The third kappa shape index (κ3) is 4.32. The number of nitrogens with one attached hydrogen (secondary N) is 2. The number of carbonyl (C=O) groups excluding carboxylic acids is 1. The summed E-state index contributed by atoms with van der Waals surface area (Å²) in [6.07, 6.45) is 1.39. The molecule has 32 heavy (non-hydrogen) atoms. The molecule has 0 atom stereocenters. The van der Waals surface area contributed by atoms with Crippen molar-refractivity contribution in [3.05, 3.63) is 69.4 Å². The third-order valence-corrected chi connectivity index (χ3v) is 5.89. The van der Waals surface area contributed by atoms with Crippen molar-refractivity contribution in [1.29, 1.82) is 0 Å². The van der Waals surface area contributed by atoms with E-state index in [1.54, 1.807) is 31.2 Å². The van der Waals surface area contributed by atoms with Gasteiger partial charge in [0.15, 0.2) is 10.8 Å². The van der Waals surface area contributed by atoms with Crippen LogP contribution >= 0.6 is 23.4 Å². The molecule has 1 amide bonds. The highest BCUT2D eigenvalue weighted by molar-refractivity contribution is 7.99. The number of hydrogen-bond acceptors (Lipinski definition) is 6. The number of aryl methyl sites for hydroxylation is 1. The first-order chi connectivity index (χ1) is 15.4. The molecule has 0 aliphatic heterocycles. The molecule has 4 aromatic rings. The van der Waals surface area contributed by atoms with Crippen molar-refractivity contribution in [2.75, 3.05) is 18.2 Å². The number of fused-ring (bicyclic) bond motifs is 1. The van der Waals surface area contributed by atoms with E-state index in [-0.39, 0.29) is 22.4 Å². The van der Waals surface area contributed by atoms with E-state index in [9.17, 15) is 14.0 Å². The van der Waals surface area contributed by atoms with Gasteiger partial charge in [0.2, 0.25) is 5.91 Å². The lowest BCUT2D eigenvalue weighted by molar-refractivity contribution is -0.113. The van der Waals surface area contributed by atoms with E-state index >= 15 is 0 Å². The second-order valence-electron chi connectivity index (χ2n) is 6.78. The zero-order valence-corrected chi connectivity index (χ0v) is 18.6. The van der Waals surface area contributed by atoms with Crippen LogP contribution in [-0.2, 0) is 4.79 Å². The predicted molar refractivity (Wildman–Crippen MR) is 122 cm³/mol. The molecule has 0 aliphatic rings. The second kappa shape index (κ2) is 9.01. The minimum absolute atomic E-state index is 0.0636. The fraction of sp³-hybridized carbons (Fsp3) is 0.143. The Hall–Kier alpha value is -3.37. The number of anilines is 1. The average Bonchev–Trinajstić information content (AvgIpc) is 3.24. The van der Waals surface area contributed by atoms with Gasteiger partial charge in [-0.2, -0.15) is 5.10 Å². The lowest BCUT2D eigenvalue weighted by Gasteiger charge is -2.13. The minimum Gasteiger partial charge on any atom is -0.495 e. The maximum Gasteiger partial charge on any atom is 0.269 e. The van der Waals surface area contributed by atoms with Gasteiger partial charge in [0, 0.05) is 5.69 Å². The van der Waals surface area contributed by atoms with E-state index < -0.39 is 5.82 Å². The van der Waals surface area contributed by atoms with E-state index in [2.05, 4.69) is 20.5 Å². The summed E-state index contributed by atoms with van der Waals surface area (Å²) in [7, 11) is 1.49. The van der Waals surface area contributed by atoms with Gasteiger partial charge in [-0.15, -0.1) is 0 Å². The molecule has 0 fully saturated rings. The van der Waals surface area contributed by atoms with E-state index in [0.29, 0.717) is 33.2 Å². The molecule has 8 nitrogen and oxygen atoms in total. The molecular formula is C21H17ClFN5O3S. The molecule has 0 unspecified atom stereocenters. The highest BCUT2D eigenvalue weighted by atomic mass is 35.5. The molecule has 0 bridgehead atoms. The summed E-state index contributed by atoms with van der Waals surface area (Å²) in [4.78, 5) is 30.1. The number of nitrogens with zero attached hydrogens (tertiary/aromatic N) is 3. The van der Waals surface area contributed by atoms with Gasteiger partial charge in [0.25, 0.3) is 5.56 Å². The monoisotopic (exact) mass is 473 g/mol. The Labute approximate surface area is 190 Å². The molecule has 2 N–H and O–H groups in total. The fourth-order valence-electron chi connectivity index (χ4n) is 3.04. The first kappa shape index (κ1) is 21.8. The van der Waals surface area contributed by atoms with Crippen molar-refractivity contribution in [3.8, 4) is 11.4 Å². The molecule has 0 spiro atoms. The number of amides is 1. The lowest BCUT2D eigenvalue weighted by atomic mass is 10.2. The van der Waals surface area contributed by atoms with Gasteiger partial charge in [0.1, 0.15) is 17.0 Å². The van der Waals surface area contributed by atoms with Crippen LogP contribution in [0.5, 0.6) is 5.75 Å². The van der Waals surface area contributed by atoms with Crippen molar-refractivity contribution in [3.63, 3.8) is 0 Å². The summed E-state index contributed by atoms with van der Waals surface area (Å²) in [5, 5.41) is 10.1. The highest BCUT2D eigenvalue weighted by Gasteiger charge is 2.17. The number of H-pyrrole nitrogens is 1. The average molecular weight is 474 g/mol. The third-order valence-electron chi connectivity index (χ3n) is 4.65. The van der Waals surface area contributed by atoms with Crippen LogP contribution in [0.2, 0.25) is 5.02 Å². The van der Waals surface area contributed by atoms with Crippen LogP contribution in [0.25, 0.3) is 16.7 Å². The summed E-state index contributed by atoms with van der Waals surface area (Å²) in [5.74, 6) is -0.427. The van der Waals surface area contributed by atoms with E-state index in [1.807, 2.05) is 0 Å². The Morgan fingerprint density at radius 2 is 2.12 bits per heavy atom. The van der Waals surface area contributed by atoms with Crippen molar-refractivity contribution in [2.24, 2.45) is 0 Å². The molecule has 4 rings (SSSR count). The van der Waals surface area contributed by atoms with Gasteiger partial charge < -0.3 is 10.1 Å². The summed E-state index contributed by atoms with van der Waals surface area (Å²) >= 11 is 7.30. The molecule has 0 radical (unpaired) electrons. The van der Waals surface area contributed by atoms with Crippen LogP contribution in [0.3, 0.4) is 0 Å². The van der Waals surface area contributed by atoms with Gasteiger partial charge in [-0.3, -0.25) is 19.3 Å². The Morgan fingerprint density at radius 3 is 2.88 bits per heavy atom. The van der Waals surface area contributed by atoms with Crippen LogP contribution in [0.1, 0.15) is 5.56 Å². The number of rotatable bonds is 6. The zero-order valence-electron chi connectivity index (χ0n) is 17.0. The number of aromatic nitrogens is 4. The molecule has 2 aromatic carbocycles. The Kier molecular flexibility index (Phi) is 6.15. The number of methoxy groups -OCH3 is 1. The summed E-state index contributed by atoms with van der Waals surface area (Å²) in [5.41, 5.74) is 1.50. The van der Waals surface area contributed by atoms with Gasteiger partial charge in [-0.25, -0.2) is 9.37 Å². The molecule has 0 saturated carbocycles. The van der Waals surface area contributed by atoms with E-state index in [1.165, 1.54) is 30.0 Å². The zero-order chi connectivity index (χ0) is 22.8. The lowest BCUT2D eigenvalue weighted by Crippen LogP contribution is -2.22. The van der Waals surface area contributed by atoms with Crippen molar-refractivity contribution in [2.45, 2.75) is 12.1 Å². The van der Waals surface area contributed by atoms with Crippen LogP contribution < -0.4 is 15.6 Å². The maximum atomic E-state index is 13.5. The number of thioether (sulfide) groups is 1. The number of benzene rings is 2. The van der Waals surface area contributed by atoms with Gasteiger partial charge in [-0.1, -0.05) is 29.4 Å². The Bertz CT molecular complexity index is 1390. The molecule has 0 aliphatic carbocycles. The quantitative estimate of drug-likeness (QED) is 0.325. The topological polar surface area (TPSA) is 102 Å². The molecule has 11 heteroatoms. The first-order valence-corrected chi connectivity index (χ1v) is 10.7. The standard InChI is InChI=1S/C21H17ClFN5O3S/c1-11-3-4-12(23)7-16(11)25-18(29)10-32-21-26-19-14(9-24-27-19)20(30)28(21)13-5-6-17(31-2)15(22)8-13/h3-9H,10H2,1-2H3,(H,24,27)(H,25,29). The number of halogens is 2. The summed E-state index contributed by atoms with van der Waals surface area (Å²) in [6.45, 7) is 1.76. The first-order valence-electron chi connectivity index (χ1n) is 9.36. The van der Waals surface area contributed by atoms with Crippen LogP contribution in [0, 0.1) is 12.7 Å². The summed E-state index contributed by atoms with van der Waals surface area (Å²) < 4.78 is 20.0. The van der Waals surface area contributed by atoms with Gasteiger partial charge in [-0.05, 0) is 42.8 Å². The number of ether oxygens (including phenoxy) is 1. The van der Waals surface area contributed by atoms with E-state index in [0.717, 1.165) is 17.3 Å². The van der Waals surface area contributed by atoms with Gasteiger partial charge >= 0.3 is 0 Å². The fourth-order valence-corrected chi connectivity index (χ4v) is 4.10. The van der Waals surface area contributed by atoms with Crippen molar-refractivity contribution < 1.29 is 13.9 Å². The molecule has 2 aromatic heterocycles. The SMILES string of the molecule is COc1ccc(-n2c(SCC(=O)Nc3cc(F)ccc3C)nc3[nH]ncc3c2=O)cc1Cl. The molecule has 164 valence electrons. The number of carbonyl (C=O) groups is 1. The predicted octanol–water partition coefficient (Wildman–Crippen LogP) is 3.95.